The van der Waals surface area contributed by atoms with Crippen LogP contribution in [0.5, 0.6) is 0 Å². The zero-order valence-corrected chi connectivity index (χ0v) is 22.3. The first kappa shape index (κ1) is 24.9. The Bertz CT molecular complexity index is 1220. The van der Waals surface area contributed by atoms with Gasteiger partial charge in [-0.3, -0.25) is 0 Å². The van der Waals surface area contributed by atoms with E-state index < -0.39 is 0 Å². The largest absolute Gasteiger partial charge is 0.372 e. The van der Waals surface area contributed by atoms with Crippen molar-refractivity contribution >= 4 is 22.1 Å². The summed E-state index contributed by atoms with van der Waals surface area (Å²) in [5.41, 5.74) is 9.43. The lowest BCUT2D eigenvalue weighted by atomic mass is 9.80. The van der Waals surface area contributed by atoms with Gasteiger partial charge in [-0.1, -0.05) is 54.6 Å². The molecule has 0 bridgehead atoms. The zero-order valence-electron chi connectivity index (χ0n) is 22.3. The molecule has 0 aliphatic heterocycles. The summed E-state index contributed by atoms with van der Waals surface area (Å²) in [7, 11) is 0. The summed E-state index contributed by atoms with van der Waals surface area (Å²) in [5, 5.41) is 2.59. The standard InChI is InChI=1S/C33H40N2/c1-7-34(8-2)29-17-19-31(24(5)21-29)33(28-16-15-26-13-11-12-14-27(26)23-28)32-20-18-30(22-25(32)6)35(9-3)10-4/h11-23,33H,7-10H2,1-6H3. The highest BCUT2D eigenvalue weighted by Gasteiger charge is 2.22. The second kappa shape index (κ2) is 11.0. The normalized spacial score (nSPS) is 11.3. The molecule has 0 aromatic heterocycles. The number of nitrogens with zero attached hydrogens (tertiary/aromatic N) is 2. The van der Waals surface area contributed by atoms with Crippen molar-refractivity contribution in [2.45, 2.75) is 47.5 Å². The van der Waals surface area contributed by atoms with Crippen molar-refractivity contribution in [2.24, 2.45) is 0 Å². The fourth-order valence-corrected chi connectivity index (χ4v) is 5.45. The number of fused-ring (bicyclic) bond motifs is 1. The van der Waals surface area contributed by atoms with E-state index in [1.165, 1.54) is 50.0 Å². The topological polar surface area (TPSA) is 6.48 Å². The Morgan fingerprint density at radius 1 is 0.543 bits per heavy atom. The van der Waals surface area contributed by atoms with Gasteiger partial charge in [0.05, 0.1) is 0 Å². The van der Waals surface area contributed by atoms with Crippen LogP contribution in [0.4, 0.5) is 11.4 Å². The van der Waals surface area contributed by atoms with Crippen LogP contribution in [0.3, 0.4) is 0 Å². The molecule has 0 fully saturated rings. The Morgan fingerprint density at radius 3 is 1.49 bits per heavy atom. The van der Waals surface area contributed by atoms with Gasteiger partial charge in [0.15, 0.2) is 0 Å². The molecule has 0 atom stereocenters. The third-order valence-electron chi connectivity index (χ3n) is 7.49. The first-order chi connectivity index (χ1) is 17.0. The maximum absolute atomic E-state index is 2.42. The quantitative estimate of drug-likeness (QED) is 0.230. The molecule has 0 N–H and O–H groups in total. The van der Waals surface area contributed by atoms with Crippen molar-refractivity contribution in [2.75, 3.05) is 36.0 Å². The molecule has 0 aliphatic carbocycles. The molecule has 2 heteroatoms. The van der Waals surface area contributed by atoms with Crippen LogP contribution in [0.25, 0.3) is 10.8 Å². The molecule has 4 aromatic carbocycles. The van der Waals surface area contributed by atoms with Crippen LogP contribution >= 0.6 is 0 Å². The van der Waals surface area contributed by atoms with E-state index in [2.05, 4.69) is 130 Å². The molecule has 0 aliphatic rings. The van der Waals surface area contributed by atoms with Gasteiger partial charge >= 0.3 is 0 Å². The molecule has 0 spiro atoms. The van der Waals surface area contributed by atoms with Crippen LogP contribution in [0, 0.1) is 13.8 Å². The van der Waals surface area contributed by atoms with Gasteiger partial charge in [0, 0.05) is 43.5 Å². The van der Waals surface area contributed by atoms with Crippen molar-refractivity contribution in [1.82, 2.24) is 0 Å². The average Bonchev–Trinajstić information content (AvgIpc) is 2.88. The number of anilines is 2. The molecule has 2 nitrogen and oxygen atoms in total. The highest BCUT2D eigenvalue weighted by atomic mass is 15.1. The van der Waals surface area contributed by atoms with Crippen LogP contribution in [0.15, 0.2) is 78.9 Å². The Morgan fingerprint density at radius 2 is 1.03 bits per heavy atom. The Labute approximate surface area is 212 Å². The number of hydrogen-bond donors (Lipinski definition) is 0. The molecule has 0 saturated carbocycles. The molecule has 182 valence electrons. The van der Waals surface area contributed by atoms with Gasteiger partial charge in [0.1, 0.15) is 0 Å². The van der Waals surface area contributed by atoms with E-state index >= 15 is 0 Å². The number of aryl methyl sites for hydroxylation is 2. The van der Waals surface area contributed by atoms with Gasteiger partial charge in [-0.05, 0) is 104 Å². The summed E-state index contributed by atoms with van der Waals surface area (Å²) in [5.74, 6) is 0.191. The smallest absolute Gasteiger partial charge is 0.0368 e. The maximum atomic E-state index is 2.42. The molecule has 0 saturated heterocycles. The van der Waals surface area contributed by atoms with Crippen LogP contribution < -0.4 is 9.80 Å². The molecule has 4 rings (SSSR count). The summed E-state index contributed by atoms with van der Waals surface area (Å²) in [6, 6.07) is 29.7. The number of hydrogen-bond acceptors (Lipinski definition) is 2. The van der Waals surface area contributed by atoms with Gasteiger partial charge in [0.25, 0.3) is 0 Å². The van der Waals surface area contributed by atoms with E-state index in [1.54, 1.807) is 0 Å². The van der Waals surface area contributed by atoms with Gasteiger partial charge < -0.3 is 9.80 Å². The predicted octanol–water partition coefficient (Wildman–Crippen LogP) is 8.33. The second-order valence-corrected chi connectivity index (χ2v) is 9.47. The highest BCUT2D eigenvalue weighted by molar-refractivity contribution is 5.83. The van der Waals surface area contributed by atoms with Crippen molar-refractivity contribution in [3.8, 4) is 0 Å². The first-order valence-electron chi connectivity index (χ1n) is 13.2. The van der Waals surface area contributed by atoms with E-state index in [1.807, 2.05) is 0 Å². The zero-order chi connectivity index (χ0) is 24.9. The maximum Gasteiger partial charge on any atom is 0.0368 e. The van der Waals surface area contributed by atoms with Gasteiger partial charge in [0.2, 0.25) is 0 Å². The van der Waals surface area contributed by atoms with E-state index in [0.717, 1.165) is 26.2 Å². The lowest BCUT2D eigenvalue weighted by Crippen LogP contribution is -2.22. The number of rotatable bonds is 9. The summed E-state index contributed by atoms with van der Waals surface area (Å²) in [6.07, 6.45) is 0. The molecular weight excluding hydrogens is 424 g/mol. The summed E-state index contributed by atoms with van der Waals surface area (Å²) in [4.78, 5) is 4.85. The van der Waals surface area contributed by atoms with Gasteiger partial charge in [-0.25, -0.2) is 0 Å². The van der Waals surface area contributed by atoms with Crippen LogP contribution in [-0.2, 0) is 0 Å². The van der Waals surface area contributed by atoms with E-state index in [9.17, 15) is 0 Å². The third kappa shape index (κ3) is 5.07. The van der Waals surface area contributed by atoms with Gasteiger partial charge in [-0.2, -0.15) is 0 Å². The minimum Gasteiger partial charge on any atom is -0.372 e. The van der Waals surface area contributed by atoms with Crippen molar-refractivity contribution in [3.63, 3.8) is 0 Å². The minimum absolute atomic E-state index is 0.191. The van der Waals surface area contributed by atoms with Crippen molar-refractivity contribution in [1.29, 1.82) is 0 Å². The summed E-state index contributed by atoms with van der Waals surface area (Å²) >= 11 is 0. The fraction of sp³-hybridized carbons (Fsp3) is 0.333. The Balaban J connectivity index is 1.88. The molecule has 0 amide bonds. The Hall–Kier alpha value is -3.26. The lowest BCUT2D eigenvalue weighted by molar-refractivity contribution is 0.859. The summed E-state index contributed by atoms with van der Waals surface area (Å²) < 4.78 is 0. The molecule has 0 heterocycles. The average molecular weight is 465 g/mol. The van der Waals surface area contributed by atoms with Crippen LogP contribution in [0.1, 0.15) is 61.4 Å². The minimum atomic E-state index is 0.191. The van der Waals surface area contributed by atoms with Gasteiger partial charge in [-0.15, -0.1) is 0 Å². The van der Waals surface area contributed by atoms with E-state index in [4.69, 9.17) is 0 Å². The van der Waals surface area contributed by atoms with Crippen LogP contribution in [-0.4, -0.2) is 26.2 Å². The van der Waals surface area contributed by atoms with E-state index in [0.29, 0.717) is 0 Å². The third-order valence-corrected chi connectivity index (χ3v) is 7.49. The number of benzene rings is 4. The lowest BCUT2D eigenvalue weighted by Gasteiger charge is -2.27. The predicted molar refractivity (Wildman–Crippen MR) is 154 cm³/mol. The summed E-state index contributed by atoms with van der Waals surface area (Å²) in [6.45, 7) is 17.6. The fourth-order valence-electron chi connectivity index (χ4n) is 5.45. The molecule has 4 aromatic rings. The molecule has 35 heavy (non-hydrogen) atoms. The monoisotopic (exact) mass is 464 g/mol. The molecule has 0 radical (unpaired) electrons. The SMILES string of the molecule is CCN(CC)c1ccc(C(c2ccc3ccccc3c2)c2ccc(N(CC)CC)cc2C)c(C)c1. The second-order valence-electron chi connectivity index (χ2n) is 9.47. The highest BCUT2D eigenvalue weighted by Crippen LogP contribution is 2.39. The Kier molecular flexibility index (Phi) is 7.80. The van der Waals surface area contributed by atoms with Crippen molar-refractivity contribution in [3.05, 3.63) is 107 Å². The van der Waals surface area contributed by atoms with Crippen LogP contribution in [0.2, 0.25) is 0 Å². The van der Waals surface area contributed by atoms with E-state index in [-0.39, 0.29) is 5.92 Å². The first-order valence-corrected chi connectivity index (χ1v) is 13.2. The molecule has 0 unspecified atom stereocenters. The van der Waals surface area contributed by atoms with Crippen molar-refractivity contribution < 1.29 is 0 Å². The molecular formula is C33H40N2.